The van der Waals surface area contributed by atoms with E-state index in [4.69, 9.17) is 13.6 Å². The lowest BCUT2D eigenvalue weighted by molar-refractivity contribution is -0.149. The molecular weight excluding hydrogens is 517 g/mol. The summed E-state index contributed by atoms with van der Waals surface area (Å²) in [6, 6.07) is 0. The molecule has 0 aromatic rings. The summed E-state index contributed by atoms with van der Waals surface area (Å²) in [5, 5.41) is 0.390. The molecule has 0 aromatic carbocycles. The van der Waals surface area contributed by atoms with Gasteiger partial charge in [-0.1, -0.05) is 67.0 Å². The molecule has 0 radical (unpaired) electrons. The summed E-state index contributed by atoms with van der Waals surface area (Å²) < 4.78 is 20.4. The number of carbonyl (C=O) groups excluding carboxylic acids is 1. The summed E-state index contributed by atoms with van der Waals surface area (Å²) >= 11 is 0. The summed E-state index contributed by atoms with van der Waals surface area (Å²) in [6.07, 6.45) is 10.9. The molecule has 4 nitrogen and oxygen atoms in total. The van der Waals surface area contributed by atoms with Gasteiger partial charge in [0.15, 0.2) is 16.6 Å². The molecule has 0 aromatic heterocycles. The van der Waals surface area contributed by atoms with E-state index >= 15 is 0 Å². The van der Waals surface area contributed by atoms with Gasteiger partial charge in [-0.2, -0.15) is 0 Å². The number of allylic oxidation sites excluding steroid dienone is 1. The molecule has 39 heavy (non-hydrogen) atoms. The molecule has 4 rings (SSSR count). The molecule has 0 saturated heterocycles. The van der Waals surface area contributed by atoms with Gasteiger partial charge >= 0.3 is 5.97 Å². The number of hydrogen-bond donors (Lipinski definition) is 0. The summed E-state index contributed by atoms with van der Waals surface area (Å²) in [7, 11) is -3.87. The minimum atomic E-state index is -1.95. The van der Waals surface area contributed by atoms with Gasteiger partial charge in [-0.3, -0.25) is 4.79 Å². The van der Waals surface area contributed by atoms with E-state index in [0.717, 1.165) is 32.1 Å². The molecule has 8 atom stereocenters. The number of hydrogen-bond acceptors (Lipinski definition) is 4. The maximum atomic E-state index is 11.7. The van der Waals surface area contributed by atoms with E-state index < -0.39 is 16.6 Å². The van der Waals surface area contributed by atoms with Crippen molar-refractivity contribution in [3.63, 3.8) is 0 Å². The van der Waals surface area contributed by atoms with Crippen molar-refractivity contribution < 1.29 is 18.4 Å². The standard InChI is InChI=1S/C33H60O4Si2/c1-22(34)35-24-16-18-32(8)23(20-24)14-15-25-26(32)17-19-33(9)28(37-39(12,13)31(5,6)7)21-27(29(25)33)36-38(10,11)30(2,3)4/h14,24-29H,15-21H2,1-13H3/t24-,25-,26+,27+,28+,29-,32+,33-/m1/s1. The van der Waals surface area contributed by atoms with Crippen molar-refractivity contribution in [2.75, 3.05) is 0 Å². The van der Waals surface area contributed by atoms with E-state index in [9.17, 15) is 4.79 Å². The molecule has 4 aliphatic rings. The fourth-order valence-corrected chi connectivity index (χ4v) is 11.1. The second-order valence-electron chi connectivity index (χ2n) is 17.2. The van der Waals surface area contributed by atoms with E-state index in [-0.39, 0.29) is 45.2 Å². The zero-order chi connectivity index (χ0) is 29.4. The third kappa shape index (κ3) is 5.55. The van der Waals surface area contributed by atoms with E-state index in [2.05, 4.69) is 87.7 Å². The van der Waals surface area contributed by atoms with Crippen LogP contribution in [0.3, 0.4) is 0 Å². The molecule has 3 fully saturated rings. The molecule has 0 unspecified atom stereocenters. The highest BCUT2D eigenvalue weighted by atomic mass is 28.4. The number of fused-ring (bicyclic) bond motifs is 5. The number of esters is 1. The minimum Gasteiger partial charge on any atom is -0.462 e. The van der Waals surface area contributed by atoms with Crippen molar-refractivity contribution in [3.05, 3.63) is 11.6 Å². The van der Waals surface area contributed by atoms with Crippen LogP contribution in [0.1, 0.15) is 107 Å². The van der Waals surface area contributed by atoms with Crippen molar-refractivity contribution in [1.29, 1.82) is 0 Å². The Labute approximate surface area is 242 Å². The van der Waals surface area contributed by atoms with Crippen LogP contribution in [0.5, 0.6) is 0 Å². The molecule has 6 heteroatoms. The molecule has 4 aliphatic carbocycles. The normalized spacial score (nSPS) is 39.4. The molecule has 0 spiro atoms. The lowest BCUT2D eigenvalue weighted by Gasteiger charge is -2.59. The first-order valence-electron chi connectivity index (χ1n) is 15.8. The largest absolute Gasteiger partial charge is 0.462 e. The Kier molecular flexibility index (Phi) is 8.15. The van der Waals surface area contributed by atoms with Crippen molar-refractivity contribution in [3.8, 4) is 0 Å². The Hall–Kier alpha value is -0.436. The molecule has 0 bridgehead atoms. The minimum absolute atomic E-state index is 0.0516. The van der Waals surface area contributed by atoms with E-state index in [1.54, 1.807) is 12.5 Å². The molecule has 0 N–H and O–H groups in total. The quantitative estimate of drug-likeness (QED) is 0.186. The van der Waals surface area contributed by atoms with Crippen molar-refractivity contribution in [2.45, 2.75) is 162 Å². The zero-order valence-electron chi connectivity index (χ0n) is 27.6. The van der Waals surface area contributed by atoms with Gasteiger partial charge in [0, 0.05) is 13.3 Å². The van der Waals surface area contributed by atoms with E-state index in [1.165, 1.54) is 12.8 Å². The monoisotopic (exact) mass is 576 g/mol. The predicted octanol–water partition coefficient (Wildman–Crippen LogP) is 9.27. The van der Waals surface area contributed by atoms with Gasteiger partial charge in [-0.05, 0) is 103 Å². The molecule has 0 amide bonds. The van der Waals surface area contributed by atoms with Gasteiger partial charge in [0.1, 0.15) is 6.10 Å². The highest BCUT2D eigenvalue weighted by molar-refractivity contribution is 6.74. The Morgan fingerprint density at radius 1 is 0.923 bits per heavy atom. The van der Waals surface area contributed by atoms with Crippen molar-refractivity contribution in [1.82, 2.24) is 0 Å². The average Bonchev–Trinajstić information content (AvgIpc) is 3.02. The maximum absolute atomic E-state index is 11.7. The predicted molar refractivity (Wildman–Crippen MR) is 167 cm³/mol. The van der Waals surface area contributed by atoms with Crippen LogP contribution in [0.2, 0.25) is 36.3 Å². The number of carbonyl (C=O) groups is 1. The van der Waals surface area contributed by atoms with Crippen LogP contribution in [-0.2, 0) is 18.4 Å². The molecule has 3 saturated carbocycles. The number of rotatable bonds is 5. The Balaban J connectivity index is 1.70. The van der Waals surface area contributed by atoms with Gasteiger partial charge < -0.3 is 13.6 Å². The fourth-order valence-electron chi connectivity index (χ4n) is 8.34. The van der Waals surface area contributed by atoms with Crippen molar-refractivity contribution >= 4 is 22.6 Å². The lowest BCUT2D eigenvalue weighted by Crippen LogP contribution is -2.55. The van der Waals surface area contributed by atoms with Crippen LogP contribution in [-0.4, -0.2) is 40.9 Å². The first-order valence-corrected chi connectivity index (χ1v) is 21.7. The molecule has 0 heterocycles. The Morgan fingerprint density at radius 3 is 2.08 bits per heavy atom. The second-order valence-corrected chi connectivity index (χ2v) is 26.7. The Bertz CT molecular complexity index is 973. The number of ether oxygens (including phenoxy) is 1. The van der Waals surface area contributed by atoms with Crippen LogP contribution in [0.25, 0.3) is 0 Å². The van der Waals surface area contributed by atoms with E-state index in [1.807, 2.05) is 0 Å². The van der Waals surface area contributed by atoms with E-state index in [0.29, 0.717) is 17.8 Å². The first kappa shape index (κ1) is 31.5. The van der Waals surface area contributed by atoms with Gasteiger partial charge in [0.2, 0.25) is 0 Å². The lowest BCUT2D eigenvalue weighted by atomic mass is 9.47. The highest BCUT2D eigenvalue weighted by Gasteiger charge is 2.64. The van der Waals surface area contributed by atoms with Gasteiger partial charge in [-0.15, -0.1) is 0 Å². The summed E-state index contributed by atoms with van der Waals surface area (Å²) in [6.45, 7) is 30.6. The second kappa shape index (κ2) is 10.1. The van der Waals surface area contributed by atoms with Crippen LogP contribution in [0.15, 0.2) is 11.6 Å². The highest BCUT2D eigenvalue weighted by Crippen LogP contribution is 2.66. The van der Waals surface area contributed by atoms with Crippen LogP contribution in [0, 0.1) is 28.6 Å². The molecule has 224 valence electrons. The topological polar surface area (TPSA) is 44.8 Å². The summed E-state index contributed by atoms with van der Waals surface area (Å²) in [4.78, 5) is 11.7. The third-order valence-corrected chi connectivity index (χ3v) is 21.8. The summed E-state index contributed by atoms with van der Waals surface area (Å²) in [5.74, 6) is 1.69. The molecular formula is C33H60O4Si2. The maximum Gasteiger partial charge on any atom is 0.302 e. The van der Waals surface area contributed by atoms with Crippen LogP contribution < -0.4 is 0 Å². The van der Waals surface area contributed by atoms with Gasteiger partial charge in [0.25, 0.3) is 0 Å². The first-order chi connectivity index (χ1) is 17.6. The average molecular weight is 577 g/mol. The van der Waals surface area contributed by atoms with Gasteiger partial charge in [-0.25, -0.2) is 0 Å². The SMILES string of the molecule is CC(=O)O[C@@H]1CC[C@@]2(C)C(=CC[C@H]3[C@@H]4[C@@H](O[Si](C)(C)C(C)(C)C)C[C@H](O[Si](C)(C)C(C)(C)C)[C@@]4(C)CC[C@@H]32)C1. The summed E-state index contributed by atoms with van der Waals surface area (Å²) in [5.41, 5.74) is 1.92. The van der Waals surface area contributed by atoms with Crippen LogP contribution >= 0.6 is 0 Å². The van der Waals surface area contributed by atoms with Gasteiger partial charge in [0.05, 0.1) is 12.2 Å². The smallest absolute Gasteiger partial charge is 0.302 e. The molecule has 0 aliphatic heterocycles. The zero-order valence-corrected chi connectivity index (χ0v) is 29.6. The Morgan fingerprint density at radius 2 is 1.51 bits per heavy atom. The van der Waals surface area contributed by atoms with Crippen molar-refractivity contribution in [2.24, 2.45) is 28.6 Å². The van der Waals surface area contributed by atoms with Crippen LogP contribution in [0.4, 0.5) is 0 Å². The fraction of sp³-hybridized carbons (Fsp3) is 0.909. The third-order valence-electron chi connectivity index (χ3n) is 12.8.